The van der Waals surface area contributed by atoms with Gasteiger partial charge in [-0.2, -0.15) is 0 Å². The van der Waals surface area contributed by atoms with E-state index >= 15 is 0 Å². The number of para-hydroxylation sites is 1. The molecule has 25 heavy (non-hydrogen) atoms. The van der Waals surface area contributed by atoms with E-state index < -0.39 is 0 Å². The van der Waals surface area contributed by atoms with Crippen LogP contribution in [0.2, 0.25) is 0 Å². The molecule has 1 atom stereocenters. The van der Waals surface area contributed by atoms with E-state index in [-0.39, 0.29) is 17.8 Å². The lowest BCUT2D eigenvalue weighted by Crippen LogP contribution is -2.11. The monoisotopic (exact) mass is 353 g/mol. The van der Waals surface area contributed by atoms with E-state index in [1.165, 1.54) is 11.8 Å². The summed E-state index contributed by atoms with van der Waals surface area (Å²) in [4.78, 5) is 25.3. The summed E-state index contributed by atoms with van der Waals surface area (Å²) in [5.41, 5.74) is 3.01. The van der Waals surface area contributed by atoms with E-state index in [0.717, 1.165) is 27.4 Å². The van der Waals surface area contributed by atoms with Crippen LogP contribution in [-0.4, -0.2) is 29.3 Å². The fraction of sp³-hybridized carbons (Fsp3) is 0.300. The van der Waals surface area contributed by atoms with Crippen molar-refractivity contribution in [2.75, 3.05) is 12.9 Å². The normalized spacial score (nSPS) is 17.0. The number of thioether (sulfide) groups is 1. The van der Waals surface area contributed by atoms with E-state index in [0.29, 0.717) is 19.4 Å². The maximum absolute atomic E-state index is 12.9. The summed E-state index contributed by atoms with van der Waals surface area (Å²) in [7, 11) is 0. The topological polar surface area (TPSA) is 48.3 Å². The zero-order chi connectivity index (χ0) is 17.6. The number of hydrogen-bond acceptors (Lipinski definition) is 4. The molecular formula is C20H19NO3S. The van der Waals surface area contributed by atoms with Gasteiger partial charge in [-0.3, -0.25) is 14.2 Å². The minimum atomic E-state index is -0.284. The summed E-state index contributed by atoms with van der Waals surface area (Å²) >= 11 is 1.69. The van der Waals surface area contributed by atoms with Gasteiger partial charge in [0.25, 0.3) is 0 Å². The van der Waals surface area contributed by atoms with Crippen molar-refractivity contribution in [3.8, 4) is 0 Å². The lowest BCUT2D eigenvalue weighted by molar-refractivity contribution is -0.141. The molecule has 0 amide bonds. The Morgan fingerprint density at radius 1 is 1.28 bits per heavy atom. The Labute approximate surface area is 150 Å². The van der Waals surface area contributed by atoms with Gasteiger partial charge in [0.15, 0.2) is 0 Å². The molecule has 0 saturated carbocycles. The Morgan fingerprint density at radius 3 is 2.88 bits per heavy atom. The third-order valence-electron chi connectivity index (χ3n) is 4.91. The smallest absolute Gasteiger partial charge is 0.302 e. The van der Waals surface area contributed by atoms with Crippen LogP contribution in [0.25, 0.3) is 21.8 Å². The number of aromatic nitrogens is 1. The van der Waals surface area contributed by atoms with E-state index in [9.17, 15) is 9.59 Å². The zero-order valence-corrected chi connectivity index (χ0v) is 15.1. The highest BCUT2D eigenvalue weighted by Gasteiger charge is 2.27. The van der Waals surface area contributed by atoms with Crippen LogP contribution in [0, 0.1) is 0 Å². The molecule has 4 rings (SSSR count). The molecular weight excluding hydrogens is 334 g/mol. The predicted octanol–water partition coefficient (Wildman–Crippen LogP) is 4.60. The van der Waals surface area contributed by atoms with Crippen LogP contribution in [-0.2, 0) is 9.53 Å². The Morgan fingerprint density at radius 2 is 2.12 bits per heavy atom. The van der Waals surface area contributed by atoms with Crippen molar-refractivity contribution in [1.29, 1.82) is 0 Å². The van der Waals surface area contributed by atoms with Crippen LogP contribution >= 0.6 is 11.8 Å². The highest BCUT2D eigenvalue weighted by atomic mass is 32.2. The third kappa shape index (κ3) is 2.63. The second-order valence-electron chi connectivity index (χ2n) is 6.39. The van der Waals surface area contributed by atoms with Crippen LogP contribution in [0.4, 0.5) is 0 Å². The van der Waals surface area contributed by atoms with E-state index in [1.54, 1.807) is 11.8 Å². The summed E-state index contributed by atoms with van der Waals surface area (Å²) in [5, 5.41) is 2.19. The van der Waals surface area contributed by atoms with Gasteiger partial charge in [-0.15, -0.1) is 11.8 Å². The van der Waals surface area contributed by atoms with Gasteiger partial charge in [-0.1, -0.05) is 18.2 Å². The third-order valence-corrected chi connectivity index (χ3v) is 5.63. The maximum atomic E-state index is 12.9. The Kier molecular flexibility index (Phi) is 4.04. The van der Waals surface area contributed by atoms with Crippen molar-refractivity contribution < 1.29 is 14.3 Å². The number of nitrogens with zero attached hydrogens (tertiary/aromatic N) is 1. The SMILES string of the molecule is CSc1ccc2c(c1)c1cccc3c1n2C(=O)CCC3COC(C)=O. The second-order valence-corrected chi connectivity index (χ2v) is 7.27. The van der Waals surface area contributed by atoms with Crippen LogP contribution in [0.3, 0.4) is 0 Å². The fourth-order valence-corrected chi connectivity index (χ4v) is 4.19. The number of rotatable bonds is 3. The Hall–Kier alpha value is -2.27. The van der Waals surface area contributed by atoms with Gasteiger partial charge in [0.1, 0.15) is 0 Å². The maximum Gasteiger partial charge on any atom is 0.302 e. The molecule has 0 saturated heterocycles. The van der Waals surface area contributed by atoms with Crippen molar-refractivity contribution >= 4 is 45.4 Å². The number of ether oxygens (including phenoxy) is 1. The number of carbonyl (C=O) groups is 2. The van der Waals surface area contributed by atoms with Gasteiger partial charge >= 0.3 is 5.97 Å². The molecule has 0 fully saturated rings. The molecule has 2 heterocycles. The minimum Gasteiger partial charge on any atom is -0.465 e. The quantitative estimate of drug-likeness (QED) is 0.510. The number of esters is 1. The average molecular weight is 353 g/mol. The number of fused-ring (bicyclic) bond motifs is 3. The van der Waals surface area contributed by atoms with E-state index in [2.05, 4.69) is 30.5 Å². The first kappa shape index (κ1) is 16.2. The molecule has 0 spiro atoms. The van der Waals surface area contributed by atoms with Crippen molar-refractivity contribution in [2.45, 2.75) is 30.6 Å². The van der Waals surface area contributed by atoms with E-state index in [1.807, 2.05) is 16.7 Å². The summed E-state index contributed by atoms with van der Waals surface area (Å²) < 4.78 is 7.13. The van der Waals surface area contributed by atoms with Crippen molar-refractivity contribution in [3.63, 3.8) is 0 Å². The highest BCUT2D eigenvalue weighted by molar-refractivity contribution is 7.98. The van der Waals surface area contributed by atoms with Crippen LogP contribution in [0.15, 0.2) is 41.3 Å². The Bertz CT molecular complexity index is 1010. The summed E-state index contributed by atoms with van der Waals surface area (Å²) in [5.74, 6) is -0.135. The first-order valence-electron chi connectivity index (χ1n) is 8.38. The first-order valence-corrected chi connectivity index (χ1v) is 9.60. The first-order chi connectivity index (χ1) is 12.1. The molecule has 1 aromatic heterocycles. The lowest BCUT2D eigenvalue weighted by atomic mass is 9.94. The lowest BCUT2D eigenvalue weighted by Gasteiger charge is -2.15. The molecule has 5 heteroatoms. The molecule has 3 aromatic rings. The second kappa shape index (κ2) is 6.23. The molecule has 1 aliphatic rings. The van der Waals surface area contributed by atoms with Crippen molar-refractivity contribution in [2.24, 2.45) is 0 Å². The van der Waals surface area contributed by atoms with Crippen LogP contribution in [0.5, 0.6) is 0 Å². The fourth-order valence-electron chi connectivity index (χ4n) is 3.75. The van der Waals surface area contributed by atoms with E-state index in [4.69, 9.17) is 4.74 Å². The average Bonchev–Trinajstić information content (AvgIpc) is 2.87. The standard InChI is InChI=1S/C20H19NO3S/c1-12(22)24-11-13-6-9-19(23)21-18-8-7-14(25-2)10-17(18)16-5-3-4-15(13)20(16)21/h3-5,7-8,10,13H,6,9,11H2,1-2H3. The molecule has 4 nitrogen and oxygen atoms in total. The predicted molar refractivity (Wildman–Crippen MR) is 100 cm³/mol. The number of benzene rings is 2. The largest absolute Gasteiger partial charge is 0.465 e. The van der Waals surface area contributed by atoms with Crippen LogP contribution in [0.1, 0.15) is 36.0 Å². The molecule has 128 valence electrons. The number of carbonyl (C=O) groups excluding carboxylic acids is 2. The Balaban J connectivity index is 2.00. The van der Waals surface area contributed by atoms with Gasteiger partial charge in [0.05, 0.1) is 17.6 Å². The molecule has 1 unspecified atom stereocenters. The zero-order valence-electron chi connectivity index (χ0n) is 14.2. The van der Waals surface area contributed by atoms with Gasteiger partial charge in [0.2, 0.25) is 5.91 Å². The van der Waals surface area contributed by atoms with Gasteiger partial charge in [0, 0.05) is 34.9 Å². The number of hydrogen-bond donors (Lipinski definition) is 0. The summed E-state index contributed by atoms with van der Waals surface area (Å²) in [6.07, 6.45) is 3.19. The molecule has 1 aliphatic heterocycles. The summed E-state index contributed by atoms with van der Waals surface area (Å²) in [6, 6.07) is 12.4. The van der Waals surface area contributed by atoms with Crippen molar-refractivity contribution in [3.05, 3.63) is 42.0 Å². The van der Waals surface area contributed by atoms with Gasteiger partial charge in [-0.05, 0) is 36.4 Å². The van der Waals surface area contributed by atoms with Gasteiger partial charge in [-0.25, -0.2) is 0 Å². The molecule has 0 aliphatic carbocycles. The molecule has 0 radical (unpaired) electrons. The molecule has 2 aromatic carbocycles. The van der Waals surface area contributed by atoms with Crippen molar-refractivity contribution in [1.82, 2.24) is 4.57 Å². The van der Waals surface area contributed by atoms with Crippen LogP contribution < -0.4 is 0 Å². The van der Waals surface area contributed by atoms with Gasteiger partial charge < -0.3 is 4.74 Å². The summed E-state index contributed by atoms with van der Waals surface area (Å²) in [6.45, 7) is 1.74. The highest BCUT2D eigenvalue weighted by Crippen LogP contribution is 2.39. The minimum absolute atomic E-state index is 0.0436. The molecule has 0 N–H and O–H groups in total. The molecule has 0 bridgehead atoms.